The summed E-state index contributed by atoms with van der Waals surface area (Å²) in [4.78, 5) is 14.6. The topological polar surface area (TPSA) is 56.0 Å². The molecule has 0 aliphatic carbocycles. The van der Waals surface area contributed by atoms with E-state index in [1.807, 2.05) is 0 Å². The van der Waals surface area contributed by atoms with E-state index in [4.69, 9.17) is 0 Å². The quantitative estimate of drug-likeness (QED) is 0.693. The fourth-order valence-electron chi connectivity index (χ4n) is 0.955. The Morgan fingerprint density at radius 1 is 1.56 bits per heavy atom. The van der Waals surface area contributed by atoms with Crippen LogP contribution in [0.3, 0.4) is 0 Å². The fourth-order valence-corrected chi connectivity index (χ4v) is 1.69. The van der Waals surface area contributed by atoms with E-state index in [1.54, 1.807) is 11.8 Å². The van der Waals surface area contributed by atoms with Gasteiger partial charge in [0, 0.05) is 0 Å². The molecule has 0 radical (unpaired) electrons. The van der Waals surface area contributed by atoms with Crippen molar-refractivity contribution in [3.63, 3.8) is 0 Å². The van der Waals surface area contributed by atoms with Gasteiger partial charge in [-0.25, -0.2) is 8.78 Å². The van der Waals surface area contributed by atoms with Gasteiger partial charge in [0.2, 0.25) is 11.7 Å². The van der Waals surface area contributed by atoms with E-state index < -0.39 is 18.6 Å². The van der Waals surface area contributed by atoms with Gasteiger partial charge in [0.1, 0.15) is 0 Å². The summed E-state index contributed by atoms with van der Waals surface area (Å²) in [7, 11) is 0. The maximum atomic E-state index is 11.9. The molecule has 0 atom stereocenters. The number of carbonyl (C=O) groups is 1. The maximum Gasteiger partial charge on any atom is 0.296 e. The highest BCUT2D eigenvalue weighted by molar-refractivity contribution is 7.98. The molecule has 7 heteroatoms. The Hall–Kier alpha value is -0.980. The van der Waals surface area contributed by atoms with Crippen molar-refractivity contribution in [1.82, 2.24) is 10.1 Å². The van der Waals surface area contributed by atoms with Crippen LogP contribution in [0.15, 0.2) is 4.52 Å². The zero-order valence-electron chi connectivity index (χ0n) is 8.78. The SMILES string of the molecule is CCCSCc1noc(CC(=O)C(F)F)n1. The van der Waals surface area contributed by atoms with Crippen LogP contribution in [0.2, 0.25) is 0 Å². The van der Waals surface area contributed by atoms with Gasteiger partial charge in [-0.1, -0.05) is 12.1 Å². The molecule has 0 saturated heterocycles. The largest absolute Gasteiger partial charge is 0.339 e. The normalized spacial score (nSPS) is 11.0. The van der Waals surface area contributed by atoms with Gasteiger partial charge in [-0.3, -0.25) is 4.79 Å². The summed E-state index contributed by atoms with van der Waals surface area (Å²) in [6, 6.07) is 0. The maximum absolute atomic E-state index is 11.9. The van der Waals surface area contributed by atoms with E-state index >= 15 is 0 Å². The van der Waals surface area contributed by atoms with Crippen molar-refractivity contribution >= 4 is 17.5 Å². The van der Waals surface area contributed by atoms with Crippen LogP contribution in [0.25, 0.3) is 0 Å². The molecule has 0 bridgehead atoms. The first-order chi connectivity index (χ1) is 7.63. The summed E-state index contributed by atoms with van der Waals surface area (Å²) in [5.41, 5.74) is 0. The smallest absolute Gasteiger partial charge is 0.296 e. The number of hydrogen-bond donors (Lipinski definition) is 0. The molecule has 0 aromatic carbocycles. The van der Waals surface area contributed by atoms with Crippen molar-refractivity contribution in [3.05, 3.63) is 11.7 Å². The molecule has 4 nitrogen and oxygen atoms in total. The van der Waals surface area contributed by atoms with Crippen molar-refractivity contribution in [1.29, 1.82) is 0 Å². The molecule has 0 spiro atoms. The minimum atomic E-state index is -2.98. The average molecular weight is 250 g/mol. The first kappa shape index (κ1) is 13.1. The molecule has 0 fully saturated rings. The minimum absolute atomic E-state index is 0.0441. The van der Waals surface area contributed by atoms with E-state index in [1.165, 1.54) is 0 Å². The van der Waals surface area contributed by atoms with Gasteiger partial charge < -0.3 is 4.52 Å². The predicted molar refractivity (Wildman–Crippen MR) is 55.5 cm³/mol. The van der Waals surface area contributed by atoms with E-state index in [2.05, 4.69) is 21.6 Å². The molecule has 0 aliphatic heterocycles. The highest BCUT2D eigenvalue weighted by Gasteiger charge is 2.19. The lowest BCUT2D eigenvalue weighted by molar-refractivity contribution is -0.129. The Morgan fingerprint density at radius 2 is 2.31 bits per heavy atom. The Morgan fingerprint density at radius 3 is 2.94 bits per heavy atom. The van der Waals surface area contributed by atoms with Crippen molar-refractivity contribution in [2.75, 3.05) is 5.75 Å². The Bertz CT molecular complexity index is 344. The molecule has 0 amide bonds. The van der Waals surface area contributed by atoms with Gasteiger partial charge in [0.15, 0.2) is 5.82 Å². The Kier molecular flexibility index (Phi) is 5.37. The second-order valence-corrected chi connectivity index (χ2v) is 4.21. The van der Waals surface area contributed by atoms with Gasteiger partial charge in [-0.2, -0.15) is 16.7 Å². The van der Waals surface area contributed by atoms with Crippen LogP contribution >= 0.6 is 11.8 Å². The van der Waals surface area contributed by atoms with Crippen molar-refractivity contribution in [2.45, 2.75) is 31.9 Å². The van der Waals surface area contributed by atoms with Gasteiger partial charge >= 0.3 is 0 Å². The fraction of sp³-hybridized carbons (Fsp3) is 0.667. The molecule has 0 saturated carbocycles. The predicted octanol–water partition coefficient (Wildman–Crippen LogP) is 2.09. The van der Waals surface area contributed by atoms with Gasteiger partial charge in [-0.15, -0.1) is 0 Å². The second kappa shape index (κ2) is 6.57. The summed E-state index contributed by atoms with van der Waals surface area (Å²) in [6.07, 6.45) is -2.44. The summed E-state index contributed by atoms with van der Waals surface area (Å²) in [6.45, 7) is 2.05. The number of Topliss-reactive ketones (excluding diaryl/α,β-unsaturated/α-hetero) is 1. The van der Waals surface area contributed by atoms with E-state index in [0.29, 0.717) is 11.6 Å². The summed E-state index contributed by atoms with van der Waals surface area (Å²) in [5, 5.41) is 3.60. The van der Waals surface area contributed by atoms with Crippen LogP contribution in [0, 0.1) is 0 Å². The number of aromatic nitrogens is 2. The van der Waals surface area contributed by atoms with E-state index in [9.17, 15) is 13.6 Å². The van der Waals surface area contributed by atoms with Crippen LogP contribution in [-0.2, 0) is 17.0 Å². The monoisotopic (exact) mass is 250 g/mol. The molecule has 90 valence electrons. The lowest BCUT2D eigenvalue weighted by Gasteiger charge is -1.93. The molecule has 0 unspecified atom stereocenters. The first-order valence-corrected chi connectivity index (χ1v) is 5.99. The third kappa shape index (κ3) is 4.26. The Labute approximate surface area is 95.8 Å². The number of ketones is 1. The lowest BCUT2D eigenvalue weighted by atomic mass is 10.3. The highest BCUT2D eigenvalue weighted by Crippen LogP contribution is 2.11. The molecule has 1 aromatic rings. The molecular weight excluding hydrogens is 238 g/mol. The molecule has 1 rings (SSSR count). The highest BCUT2D eigenvalue weighted by atomic mass is 32.2. The van der Waals surface area contributed by atoms with Gasteiger partial charge in [0.05, 0.1) is 12.2 Å². The van der Waals surface area contributed by atoms with Crippen molar-refractivity contribution in [3.8, 4) is 0 Å². The van der Waals surface area contributed by atoms with Crippen LogP contribution < -0.4 is 0 Å². The molecule has 0 aliphatic rings. The van der Waals surface area contributed by atoms with E-state index in [-0.39, 0.29) is 5.89 Å². The van der Waals surface area contributed by atoms with Gasteiger partial charge in [-0.05, 0) is 12.2 Å². The number of carbonyl (C=O) groups excluding carboxylic acids is 1. The standard InChI is InChI=1S/C9H12F2N2O2S/c1-2-3-16-5-7-12-8(15-13-7)4-6(14)9(10)11/h9H,2-5H2,1H3. The van der Waals surface area contributed by atoms with Gasteiger partial charge in [0.25, 0.3) is 6.43 Å². The molecular formula is C9H12F2N2O2S. The summed E-state index contributed by atoms with van der Waals surface area (Å²) < 4.78 is 28.5. The minimum Gasteiger partial charge on any atom is -0.339 e. The third-order valence-electron chi connectivity index (χ3n) is 1.66. The van der Waals surface area contributed by atoms with Crippen molar-refractivity contribution in [2.24, 2.45) is 0 Å². The third-order valence-corrected chi connectivity index (χ3v) is 2.82. The molecule has 0 N–H and O–H groups in total. The van der Waals surface area contributed by atoms with Crippen LogP contribution in [0.5, 0.6) is 0 Å². The Balaban J connectivity index is 2.42. The molecule has 1 heterocycles. The number of hydrogen-bond acceptors (Lipinski definition) is 5. The molecule has 16 heavy (non-hydrogen) atoms. The number of rotatable bonds is 7. The van der Waals surface area contributed by atoms with Crippen LogP contribution in [0.1, 0.15) is 25.1 Å². The summed E-state index contributed by atoms with van der Waals surface area (Å²) in [5.74, 6) is 0.740. The van der Waals surface area contributed by atoms with Crippen molar-refractivity contribution < 1.29 is 18.1 Å². The number of thioether (sulfide) groups is 1. The number of alkyl halides is 2. The molecule has 1 aromatic heterocycles. The zero-order valence-corrected chi connectivity index (χ0v) is 9.60. The van der Waals surface area contributed by atoms with Crippen LogP contribution in [-0.4, -0.2) is 28.1 Å². The summed E-state index contributed by atoms with van der Waals surface area (Å²) >= 11 is 1.63. The average Bonchev–Trinajstić information content (AvgIpc) is 2.66. The first-order valence-electron chi connectivity index (χ1n) is 4.83. The zero-order chi connectivity index (χ0) is 12.0. The van der Waals surface area contributed by atoms with Crippen LogP contribution in [0.4, 0.5) is 8.78 Å². The second-order valence-electron chi connectivity index (χ2n) is 3.10. The lowest BCUT2D eigenvalue weighted by Crippen LogP contribution is -2.12. The number of halogens is 2. The van der Waals surface area contributed by atoms with E-state index in [0.717, 1.165) is 12.2 Å². The number of nitrogens with zero attached hydrogens (tertiary/aromatic N) is 2.